The van der Waals surface area contributed by atoms with Gasteiger partial charge in [-0.15, -0.1) is 11.8 Å². The van der Waals surface area contributed by atoms with Crippen molar-refractivity contribution in [2.24, 2.45) is 0 Å². The molecular weight excluding hydrogens is 252 g/mol. The number of hydrogen-bond donors (Lipinski definition) is 1. The van der Waals surface area contributed by atoms with Crippen molar-refractivity contribution in [1.29, 1.82) is 0 Å². The van der Waals surface area contributed by atoms with Crippen molar-refractivity contribution in [1.82, 2.24) is 0 Å². The number of carbonyl (C=O) groups excluding carboxylic acids is 1. The van der Waals surface area contributed by atoms with Gasteiger partial charge in [0.1, 0.15) is 5.25 Å². The molecule has 0 bridgehead atoms. The number of esters is 1. The highest BCUT2D eigenvalue weighted by Crippen LogP contribution is 2.34. The molecule has 0 amide bonds. The van der Waals surface area contributed by atoms with Crippen molar-refractivity contribution in [3.63, 3.8) is 0 Å². The number of aliphatic carboxylic acids is 1. The van der Waals surface area contributed by atoms with Gasteiger partial charge in [-0.1, -0.05) is 6.92 Å². The smallest absolute Gasteiger partial charge is 0.334 e. The Balaban J connectivity index is 2.87. The molecular formula is C13H18O4S. The van der Waals surface area contributed by atoms with Gasteiger partial charge in [0.05, 0.1) is 7.11 Å². The molecule has 0 fully saturated rings. The van der Waals surface area contributed by atoms with Crippen LogP contribution in [-0.4, -0.2) is 29.4 Å². The van der Waals surface area contributed by atoms with Gasteiger partial charge in [0, 0.05) is 5.57 Å². The zero-order chi connectivity index (χ0) is 13.7. The predicted molar refractivity (Wildman–Crippen MR) is 71.3 cm³/mol. The third kappa shape index (κ3) is 3.63. The maximum Gasteiger partial charge on any atom is 0.334 e. The van der Waals surface area contributed by atoms with E-state index in [9.17, 15) is 9.59 Å². The monoisotopic (exact) mass is 270 g/mol. The summed E-state index contributed by atoms with van der Waals surface area (Å²) in [5.41, 5.74) is 1.67. The van der Waals surface area contributed by atoms with Crippen LogP contribution in [0.1, 0.15) is 33.1 Å². The van der Waals surface area contributed by atoms with Crippen LogP contribution < -0.4 is 0 Å². The van der Waals surface area contributed by atoms with Crippen LogP contribution in [0.2, 0.25) is 0 Å². The molecule has 0 aromatic rings. The third-order valence-corrected chi connectivity index (χ3v) is 4.01. The van der Waals surface area contributed by atoms with Crippen molar-refractivity contribution in [2.75, 3.05) is 7.11 Å². The van der Waals surface area contributed by atoms with E-state index in [0.29, 0.717) is 18.4 Å². The summed E-state index contributed by atoms with van der Waals surface area (Å²) in [6.07, 6.45) is 4.01. The Bertz CT molecular complexity index is 409. The minimum absolute atomic E-state index is 0.279. The quantitative estimate of drug-likeness (QED) is 0.778. The van der Waals surface area contributed by atoms with Gasteiger partial charge < -0.3 is 9.84 Å². The van der Waals surface area contributed by atoms with E-state index < -0.39 is 11.2 Å². The normalized spacial score (nSPS) is 17.2. The summed E-state index contributed by atoms with van der Waals surface area (Å²) in [4.78, 5) is 23.4. The van der Waals surface area contributed by atoms with Crippen LogP contribution in [0.15, 0.2) is 22.1 Å². The molecule has 0 saturated carbocycles. The molecule has 18 heavy (non-hydrogen) atoms. The van der Waals surface area contributed by atoms with E-state index in [0.717, 1.165) is 16.9 Å². The highest BCUT2D eigenvalue weighted by molar-refractivity contribution is 8.04. The second-order valence-electron chi connectivity index (χ2n) is 4.06. The fraction of sp³-hybridized carbons (Fsp3) is 0.538. The lowest BCUT2D eigenvalue weighted by Gasteiger charge is -2.19. The molecule has 0 aliphatic heterocycles. The molecule has 1 aliphatic carbocycles. The minimum atomic E-state index is -0.818. The highest BCUT2D eigenvalue weighted by atomic mass is 32.2. The average molecular weight is 270 g/mol. The zero-order valence-corrected chi connectivity index (χ0v) is 11.7. The van der Waals surface area contributed by atoms with E-state index in [1.54, 1.807) is 6.92 Å². The Labute approximate surface area is 111 Å². The Kier molecular flexibility index (Phi) is 5.47. The molecule has 1 rings (SSSR count). The summed E-state index contributed by atoms with van der Waals surface area (Å²) in [6, 6.07) is 0. The third-order valence-electron chi connectivity index (χ3n) is 2.83. The molecule has 1 aliphatic rings. The first-order valence-electron chi connectivity index (χ1n) is 5.90. The van der Waals surface area contributed by atoms with Crippen LogP contribution in [0.25, 0.3) is 0 Å². The van der Waals surface area contributed by atoms with E-state index in [1.807, 2.05) is 13.0 Å². The largest absolute Gasteiger partial charge is 0.480 e. The first-order chi connectivity index (χ1) is 8.49. The number of hydrogen-bond acceptors (Lipinski definition) is 4. The van der Waals surface area contributed by atoms with Gasteiger partial charge in [-0.25, -0.2) is 4.79 Å². The van der Waals surface area contributed by atoms with Crippen molar-refractivity contribution >= 4 is 23.7 Å². The van der Waals surface area contributed by atoms with Gasteiger partial charge in [0.25, 0.3) is 0 Å². The number of carboxylic acids is 1. The molecule has 0 saturated heterocycles. The minimum Gasteiger partial charge on any atom is -0.480 e. The molecule has 0 spiro atoms. The Morgan fingerprint density at radius 3 is 2.67 bits per heavy atom. The Morgan fingerprint density at radius 2 is 2.17 bits per heavy atom. The lowest BCUT2D eigenvalue weighted by molar-refractivity contribution is -0.137. The molecule has 1 unspecified atom stereocenters. The number of thioether (sulfide) groups is 1. The molecule has 1 N–H and O–H groups in total. The van der Waals surface area contributed by atoms with Crippen molar-refractivity contribution in [2.45, 2.75) is 38.4 Å². The highest BCUT2D eigenvalue weighted by Gasteiger charge is 2.21. The van der Waals surface area contributed by atoms with Gasteiger partial charge in [0.15, 0.2) is 0 Å². The molecule has 0 aromatic heterocycles. The van der Waals surface area contributed by atoms with Gasteiger partial charge in [-0.2, -0.15) is 0 Å². The summed E-state index contributed by atoms with van der Waals surface area (Å²) in [5.74, 6) is -1.10. The number of carbonyl (C=O) groups is 2. The summed E-state index contributed by atoms with van der Waals surface area (Å²) >= 11 is 1.34. The van der Waals surface area contributed by atoms with E-state index in [2.05, 4.69) is 0 Å². The van der Waals surface area contributed by atoms with Gasteiger partial charge in [-0.05, 0) is 42.7 Å². The molecule has 100 valence electrons. The topological polar surface area (TPSA) is 63.6 Å². The average Bonchev–Trinajstić information content (AvgIpc) is 2.37. The van der Waals surface area contributed by atoms with Crippen LogP contribution in [0.3, 0.4) is 0 Å². The summed E-state index contributed by atoms with van der Waals surface area (Å²) in [7, 11) is 1.38. The van der Waals surface area contributed by atoms with Crippen LogP contribution in [0.5, 0.6) is 0 Å². The zero-order valence-electron chi connectivity index (χ0n) is 10.9. The van der Waals surface area contributed by atoms with Crippen molar-refractivity contribution in [3.05, 3.63) is 22.1 Å². The van der Waals surface area contributed by atoms with E-state index in [4.69, 9.17) is 9.84 Å². The predicted octanol–water partition coefficient (Wildman–Crippen LogP) is 2.75. The van der Waals surface area contributed by atoms with E-state index >= 15 is 0 Å². The number of methoxy groups -OCH3 is 1. The van der Waals surface area contributed by atoms with Gasteiger partial charge in [-0.3, -0.25) is 4.79 Å². The van der Waals surface area contributed by atoms with Crippen LogP contribution in [0, 0.1) is 0 Å². The Morgan fingerprint density at radius 1 is 1.50 bits per heavy atom. The van der Waals surface area contributed by atoms with E-state index in [1.165, 1.54) is 18.9 Å². The van der Waals surface area contributed by atoms with Gasteiger partial charge in [0.2, 0.25) is 0 Å². The molecule has 0 aromatic carbocycles. The van der Waals surface area contributed by atoms with Crippen molar-refractivity contribution < 1.29 is 19.4 Å². The SMILES string of the molecule is CCC1=C(C(=O)OC)CCC(SC(C)C(=O)O)=C1. The summed E-state index contributed by atoms with van der Waals surface area (Å²) in [5, 5.41) is 8.42. The van der Waals surface area contributed by atoms with Crippen LogP contribution >= 0.6 is 11.8 Å². The summed E-state index contributed by atoms with van der Waals surface area (Å²) < 4.78 is 4.75. The molecule has 0 radical (unpaired) electrons. The van der Waals surface area contributed by atoms with Crippen LogP contribution in [0.4, 0.5) is 0 Å². The lowest BCUT2D eigenvalue weighted by atomic mass is 9.96. The first kappa shape index (κ1) is 14.8. The van der Waals surface area contributed by atoms with Crippen molar-refractivity contribution in [3.8, 4) is 0 Å². The van der Waals surface area contributed by atoms with E-state index in [-0.39, 0.29) is 5.97 Å². The molecule has 0 heterocycles. The fourth-order valence-corrected chi connectivity index (χ4v) is 2.79. The first-order valence-corrected chi connectivity index (χ1v) is 6.77. The summed E-state index contributed by atoms with van der Waals surface area (Å²) in [6.45, 7) is 3.64. The molecule has 5 heteroatoms. The standard InChI is InChI=1S/C13H18O4S/c1-4-9-7-10(18-8(2)12(14)15)5-6-11(9)13(16)17-3/h7-8H,4-6H2,1-3H3,(H,14,15). The number of carboxylic acid groups (broad SMARTS) is 1. The molecule has 4 nitrogen and oxygen atoms in total. The number of allylic oxidation sites excluding steroid dienone is 3. The Hall–Kier alpha value is -1.23. The number of ether oxygens (including phenoxy) is 1. The fourth-order valence-electron chi connectivity index (χ4n) is 1.80. The molecule has 1 atom stereocenters. The second-order valence-corrected chi connectivity index (χ2v) is 5.53. The second kappa shape index (κ2) is 6.64. The maximum absolute atomic E-state index is 11.6. The van der Waals surface area contributed by atoms with Crippen LogP contribution in [-0.2, 0) is 14.3 Å². The van der Waals surface area contributed by atoms with Gasteiger partial charge >= 0.3 is 11.9 Å². The maximum atomic E-state index is 11.6. The number of rotatable bonds is 5. The lowest BCUT2D eigenvalue weighted by Crippen LogP contribution is -2.14.